The minimum absolute atomic E-state index is 0.00316. The van der Waals surface area contributed by atoms with Crippen LogP contribution < -0.4 is 10.2 Å². The molecular weight excluding hydrogens is 479 g/mol. The summed E-state index contributed by atoms with van der Waals surface area (Å²) in [6, 6.07) is 1.02. The van der Waals surface area contributed by atoms with Gasteiger partial charge in [0.25, 0.3) is 0 Å². The van der Waals surface area contributed by atoms with Gasteiger partial charge in [-0.15, -0.1) is 0 Å². The van der Waals surface area contributed by atoms with Crippen LogP contribution in [-0.2, 0) is 20.4 Å². The summed E-state index contributed by atoms with van der Waals surface area (Å²) in [5.74, 6) is -0.109. The highest BCUT2D eigenvalue weighted by atomic mass is 19.4. The summed E-state index contributed by atoms with van der Waals surface area (Å²) in [5, 5.41) is 14.8. The number of amides is 1. The minimum Gasteiger partial charge on any atom is -0.389 e. The predicted molar refractivity (Wildman–Crippen MR) is 125 cm³/mol. The number of halogens is 3. The standard InChI is InChI=1S/C24H36F3N5O4/c1-22(2,34)23(7-4-16(14-23)29-17-6-13-36-15-18(17)35-3)20(33)31-9-11-32(12-10-31)21-28-8-5-19(30-21)24(25,26)27/h5,8,16-18,29,34H,4,6-7,9-15H2,1-3H3/t16-,17+,18?,23-/m0/s1. The van der Waals surface area contributed by atoms with Gasteiger partial charge >= 0.3 is 6.18 Å². The van der Waals surface area contributed by atoms with Crippen LogP contribution in [0.25, 0.3) is 0 Å². The van der Waals surface area contributed by atoms with E-state index in [-0.39, 0.29) is 30.0 Å². The molecule has 4 rings (SSSR count). The fraction of sp³-hybridized carbons (Fsp3) is 0.792. The number of hydrogen-bond donors (Lipinski definition) is 2. The average molecular weight is 516 g/mol. The zero-order valence-corrected chi connectivity index (χ0v) is 21.1. The second-order valence-electron chi connectivity index (χ2n) is 10.5. The zero-order chi connectivity index (χ0) is 26.1. The van der Waals surface area contributed by atoms with E-state index in [2.05, 4.69) is 15.3 Å². The van der Waals surface area contributed by atoms with Crippen molar-refractivity contribution in [3.05, 3.63) is 18.0 Å². The van der Waals surface area contributed by atoms with Gasteiger partial charge < -0.3 is 29.7 Å². The minimum atomic E-state index is -4.55. The molecule has 0 aromatic carbocycles. The molecule has 12 heteroatoms. The summed E-state index contributed by atoms with van der Waals surface area (Å²) in [4.78, 5) is 24.9. The van der Waals surface area contributed by atoms with Crippen molar-refractivity contribution in [1.82, 2.24) is 20.2 Å². The number of rotatable bonds is 6. The van der Waals surface area contributed by atoms with Crippen molar-refractivity contribution in [2.24, 2.45) is 5.41 Å². The summed E-state index contributed by atoms with van der Waals surface area (Å²) in [7, 11) is 1.66. The lowest BCUT2D eigenvalue weighted by Crippen LogP contribution is -2.59. The van der Waals surface area contributed by atoms with Gasteiger partial charge in [-0.05, 0) is 45.6 Å². The first-order valence-corrected chi connectivity index (χ1v) is 12.5. The molecule has 202 valence electrons. The van der Waals surface area contributed by atoms with E-state index in [4.69, 9.17) is 9.47 Å². The van der Waals surface area contributed by atoms with Gasteiger partial charge in [-0.25, -0.2) is 9.97 Å². The van der Waals surface area contributed by atoms with Gasteiger partial charge in [0.05, 0.1) is 23.7 Å². The van der Waals surface area contributed by atoms with E-state index in [0.717, 1.165) is 25.1 Å². The molecule has 1 aliphatic carbocycles. The van der Waals surface area contributed by atoms with Crippen LogP contribution in [0.4, 0.5) is 19.1 Å². The van der Waals surface area contributed by atoms with E-state index >= 15 is 0 Å². The number of piperazine rings is 1. The third-order valence-electron chi connectivity index (χ3n) is 7.93. The van der Waals surface area contributed by atoms with Crippen LogP contribution in [0.1, 0.15) is 45.2 Å². The van der Waals surface area contributed by atoms with Crippen LogP contribution in [0.2, 0.25) is 0 Å². The first-order valence-electron chi connectivity index (χ1n) is 12.5. The Labute approximate surface area is 209 Å². The highest BCUT2D eigenvalue weighted by Crippen LogP contribution is 2.48. The highest BCUT2D eigenvalue weighted by Gasteiger charge is 2.56. The van der Waals surface area contributed by atoms with Crippen molar-refractivity contribution in [1.29, 1.82) is 0 Å². The van der Waals surface area contributed by atoms with Crippen LogP contribution in [0.15, 0.2) is 12.3 Å². The average Bonchev–Trinajstić information content (AvgIpc) is 3.29. The van der Waals surface area contributed by atoms with E-state index in [9.17, 15) is 23.1 Å². The molecule has 2 saturated heterocycles. The van der Waals surface area contributed by atoms with Crippen molar-refractivity contribution in [3.8, 4) is 0 Å². The topological polar surface area (TPSA) is 100 Å². The number of methoxy groups -OCH3 is 1. The molecule has 1 amide bonds. The molecule has 1 aromatic rings. The first kappa shape index (κ1) is 27.0. The van der Waals surface area contributed by atoms with Crippen molar-refractivity contribution in [3.63, 3.8) is 0 Å². The van der Waals surface area contributed by atoms with Crippen molar-refractivity contribution >= 4 is 11.9 Å². The predicted octanol–water partition coefficient (Wildman–Crippen LogP) is 1.85. The Hall–Kier alpha value is -2.02. The normalized spacial score (nSPS) is 30.0. The van der Waals surface area contributed by atoms with E-state index in [1.54, 1.807) is 30.8 Å². The number of hydrogen-bond acceptors (Lipinski definition) is 8. The Morgan fingerprint density at radius 1 is 1.25 bits per heavy atom. The Morgan fingerprint density at radius 3 is 2.61 bits per heavy atom. The second-order valence-corrected chi connectivity index (χ2v) is 10.5. The van der Waals surface area contributed by atoms with E-state index in [0.29, 0.717) is 52.2 Å². The fourth-order valence-electron chi connectivity index (χ4n) is 5.71. The number of nitrogens with one attached hydrogen (secondary N) is 1. The van der Waals surface area contributed by atoms with Gasteiger partial charge in [0, 0.05) is 58.2 Å². The van der Waals surface area contributed by atoms with Gasteiger partial charge in [-0.3, -0.25) is 4.79 Å². The smallest absolute Gasteiger partial charge is 0.389 e. The molecule has 0 spiro atoms. The monoisotopic (exact) mass is 515 g/mol. The maximum Gasteiger partial charge on any atom is 0.433 e. The molecular formula is C24H36F3N5O4. The molecule has 3 heterocycles. The van der Waals surface area contributed by atoms with Gasteiger partial charge in [0.2, 0.25) is 11.9 Å². The van der Waals surface area contributed by atoms with Gasteiger partial charge in [-0.1, -0.05) is 0 Å². The van der Waals surface area contributed by atoms with E-state index < -0.39 is 22.9 Å². The van der Waals surface area contributed by atoms with E-state index in [1.165, 1.54) is 0 Å². The zero-order valence-electron chi connectivity index (χ0n) is 21.1. The summed E-state index contributed by atoms with van der Waals surface area (Å²) in [5.41, 5.74) is -3.18. The van der Waals surface area contributed by atoms with Gasteiger partial charge in [0.15, 0.2) is 0 Å². The number of anilines is 1. The molecule has 36 heavy (non-hydrogen) atoms. The lowest BCUT2D eigenvalue weighted by Gasteiger charge is -2.45. The Kier molecular flexibility index (Phi) is 7.80. The Bertz CT molecular complexity index is 920. The maximum atomic E-state index is 13.9. The van der Waals surface area contributed by atoms with Crippen molar-refractivity contribution < 1.29 is 32.5 Å². The molecule has 3 fully saturated rings. The van der Waals surface area contributed by atoms with Gasteiger partial charge in [-0.2, -0.15) is 13.2 Å². The number of aliphatic hydroxyl groups is 1. The molecule has 2 aliphatic heterocycles. The highest BCUT2D eigenvalue weighted by molar-refractivity contribution is 5.85. The van der Waals surface area contributed by atoms with Crippen LogP contribution in [0.3, 0.4) is 0 Å². The molecule has 2 N–H and O–H groups in total. The number of nitrogens with zero attached hydrogens (tertiary/aromatic N) is 4. The number of ether oxygens (including phenoxy) is 2. The SMILES string of the molecule is COC1COCC[C@H]1N[C@H]1CC[C@](C(=O)N2CCN(c3nccc(C(F)(F)F)n3)CC2)(C(C)(C)O)C1. The third-order valence-corrected chi connectivity index (χ3v) is 7.93. The lowest BCUT2D eigenvalue weighted by molar-refractivity contribution is -0.158. The molecule has 1 aromatic heterocycles. The second kappa shape index (κ2) is 10.4. The summed E-state index contributed by atoms with van der Waals surface area (Å²) >= 11 is 0. The van der Waals surface area contributed by atoms with Crippen LogP contribution >= 0.6 is 0 Å². The summed E-state index contributed by atoms with van der Waals surface area (Å²) in [6.07, 6.45) is -0.887. The summed E-state index contributed by atoms with van der Waals surface area (Å²) < 4.78 is 50.2. The molecule has 0 radical (unpaired) electrons. The van der Waals surface area contributed by atoms with E-state index in [1.807, 2.05) is 0 Å². The first-order chi connectivity index (χ1) is 16.9. The van der Waals surface area contributed by atoms with Crippen molar-refractivity contribution in [2.75, 3.05) is 51.4 Å². The van der Waals surface area contributed by atoms with Crippen LogP contribution in [-0.4, -0.2) is 96.2 Å². The third kappa shape index (κ3) is 5.46. The number of carbonyl (C=O) groups is 1. The maximum absolute atomic E-state index is 13.9. The molecule has 1 saturated carbocycles. The largest absolute Gasteiger partial charge is 0.433 e. The Balaban J connectivity index is 1.42. The lowest BCUT2D eigenvalue weighted by atomic mass is 9.70. The molecule has 3 aliphatic rings. The molecule has 0 bridgehead atoms. The van der Waals surface area contributed by atoms with Crippen LogP contribution in [0, 0.1) is 5.41 Å². The van der Waals surface area contributed by atoms with Gasteiger partial charge in [0.1, 0.15) is 5.69 Å². The summed E-state index contributed by atoms with van der Waals surface area (Å²) in [6.45, 7) is 5.82. The molecule has 1 unspecified atom stereocenters. The van der Waals surface area contributed by atoms with Crippen LogP contribution in [0.5, 0.6) is 0 Å². The fourth-order valence-corrected chi connectivity index (χ4v) is 5.71. The number of aromatic nitrogens is 2. The Morgan fingerprint density at radius 2 is 1.97 bits per heavy atom. The quantitative estimate of drug-likeness (QED) is 0.592. The van der Waals surface area contributed by atoms with Crippen molar-refractivity contribution in [2.45, 2.75) is 69.5 Å². The number of carbonyl (C=O) groups excluding carboxylic acids is 1. The molecule has 9 nitrogen and oxygen atoms in total. The number of alkyl halides is 3. The molecule has 4 atom stereocenters.